The first-order chi connectivity index (χ1) is 12.9. The Morgan fingerprint density at radius 2 is 1.42 bits per heavy atom. The van der Waals surface area contributed by atoms with Crippen molar-refractivity contribution in [1.82, 2.24) is 0 Å². The number of nitrogens with zero attached hydrogens (tertiary/aromatic N) is 1. The van der Waals surface area contributed by atoms with Gasteiger partial charge in [0.05, 0.1) is 4.88 Å². The molecule has 0 aliphatic carbocycles. The first kappa shape index (κ1) is 15.3. The fourth-order valence-corrected chi connectivity index (χ4v) is 4.62. The normalized spacial score (nSPS) is 16.2. The molecule has 4 aromatic rings. The van der Waals surface area contributed by atoms with E-state index < -0.39 is 0 Å². The predicted octanol–water partition coefficient (Wildman–Crippen LogP) is 6.62. The second-order valence-corrected chi connectivity index (χ2v) is 7.52. The third-order valence-electron chi connectivity index (χ3n) is 4.82. The summed E-state index contributed by atoms with van der Waals surface area (Å²) in [4.78, 5) is 6.24. The number of aliphatic imine (C=N–C) groups is 1. The Morgan fingerprint density at radius 3 is 2.23 bits per heavy atom. The van der Waals surface area contributed by atoms with Crippen molar-refractivity contribution in [2.75, 3.05) is 0 Å². The van der Waals surface area contributed by atoms with Gasteiger partial charge in [0.2, 0.25) is 0 Å². The lowest BCUT2D eigenvalue weighted by atomic mass is 9.92. The molecule has 0 amide bonds. The molecule has 0 fully saturated rings. The maximum Gasteiger partial charge on any atom is 0.101 e. The average molecular weight is 351 g/mol. The van der Waals surface area contributed by atoms with E-state index in [4.69, 9.17) is 4.99 Å². The van der Waals surface area contributed by atoms with Crippen LogP contribution >= 0.6 is 11.3 Å². The molecule has 0 N–H and O–H groups in total. The van der Waals surface area contributed by atoms with Crippen LogP contribution in [0.5, 0.6) is 0 Å². The van der Waals surface area contributed by atoms with Crippen LogP contribution in [0.1, 0.15) is 27.6 Å². The Bertz CT molecular complexity index is 1120. The minimum absolute atomic E-state index is 0.0111. The number of rotatable bonds is 2. The van der Waals surface area contributed by atoms with Crippen LogP contribution in [0.15, 0.2) is 89.9 Å². The van der Waals surface area contributed by atoms with E-state index in [2.05, 4.69) is 97.2 Å². The van der Waals surface area contributed by atoms with E-state index in [1.54, 1.807) is 0 Å². The molecule has 0 saturated carbocycles. The molecule has 2 heterocycles. The van der Waals surface area contributed by atoms with Crippen LogP contribution < -0.4 is 0 Å². The number of thiophene rings is 1. The van der Waals surface area contributed by atoms with Crippen molar-refractivity contribution in [3.8, 4) is 0 Å². The third kappa shape index (κ3) is 2.59. The molecule has 1 nitrogen and oxygen atoms in total. The number of hydrogen-bond donors (Lipinski definition) is 0. The molecule has 1 unspecified atom stereocenters. The summed E-state index contributed by atoms with van der Waals surface area (Å²) >= 11 is 1.81. The van der Waals surface area contributed by atoms with Crippen molar-refractivity contribution in [3.63, 3.8) is 0 Å². The van der Waals surface area contributed by atoms with E-state index in [9.17, 15) is 0 Å². The van der Waals surface area contributed by atoms with Gasteiger partial charge in [-0.2, -0.15) is 0 Å². The summed E-state index contributed by atoms with van der Waals surface area (Å²) in [5, 5.41) is 1.31. The number of hydrogen-bond acceptors (Lipinski definition) is 2. The SMILES string of the molecule is C1=NC(c2ccccc2)C(c2ccccc2)=Cc2c1sc1ccccc21. The minimum atomic E-state index is 0.0111. The summed E-state index contributed by atoms with van der Waals surface area (Å²) in [6.07, 6.45) is 4.40. The molecule has 3 aromatic carbocycles. The Kier molecular flexibility index (Phi) is 3.76. The number of benzene rings is 3. The topological polar surface area (TPSA) is 12.4 Å². The zero-order valence-electron chi connectivity index (χ0n) is 14.2. The van der Waals surface area contributed by atoms with E-state index in [0.717, 1.165) is 0 Å². The van der Waals surface area contributed by atoms with Crippen LogP contribution in [0.2, 0.25) is 0 Å². The van der Waals surface area contributed by atoms with Gasteiger partial charge in [0, 0.05) is 21.9 Å². The Labute approximate surface area is 157 Å². The molecule has 1 aromatic heterocycles. The lowest BCUT2D eigenvalue weighted by Crippen LogP contribution is -1.99. The van der Waals surface area contributed by atoms with Gasteiger partial charge in [-0.25, -0.2) is 0 Å². The molecule has 0 spiro atoms. The first-order valence-corrected chi connectivity index (χ1v) is 9.58. The molecule has 0 saturated heterocycles. The summed E-state index contributed by atoms with van der Waals surface area (Å²) in [6, 6.07) is 29.8. The predicted molar refractivity (Wildman–Crippen MR) is 113 cm³/mol. The van der Waals surface area contributed by atoms with E-state index >= 15 is 0 Å². The van der Waals surface area contributed by atoms with Gasteiger partial charge in [0.25, 0.3) is 0 Å². The lowest BCUT2D eigenvalue weighted by Gasteiger charge is -2.17. The number of fused-ring (bicyclic) bond motifs is 3. The van der Waals surface area contributed by atoms with Crippen LogP contribution in [0.4, 0.5) is 0 Å². The van der Waals surface area contributed by atoms with Gasteiger partial charge in [-0.1, -0.05) is 78.9 Å². The second-order valence-electron chi connectivity index (χ2n) is 6.43. The third-order valence-corrected chi connectivity index (χ3v) is 5.94. The van der Waals surface area contributed by atoms with Crippen molar-refractivity contribution in [1.29, 1.82) is 0 Å². The highest BCUT2D eigenvalue weighted by molar-refractivity contribution is 7.21. The monoisotopic (exact) mass is 351 g/mol. The fourth-order valence-electron chi connectivity index (χ4n) is 3.56. The van der Waals surface area contributed by atoms with Gasteiger partial charge in [0.1, 0.15) is 6.04 Å². The summed E-state index contributed by atoms with van der Waals surface area (Å²) in [7, 11) is 0. The molecule has 1 aliphatic heterocycles. The summed E-state index contributed by atoms with van der Waals surface area (Å²) in [5.41, 5.74) is 4.97. The van der Waals surface area contributed by atoms with Crippen LogP contribution in [-0.4, -0.2) is 6.21 Å². The fraction of sp³-hybridized carbons (Fsp3) is 0.0417. The van der Waals surface area contributed by atoms with Crippen LogP contribution in [-0.2, 0) is 0 Å². The maximum absolute atomic E-state index is 5.00. The second kappa shape index (κ2) is 6.40. The Morgan fingerprint density at radius 1 is 0.731 bits per heavy atom. The molecule has 5 rings (SSSR count). The molecule has 0 bridgehead atoms. The van der Waals surface area contributed by atoms with Crippen LogP contribution in [0.25, 0.3) is 21.7 Å². The zero-order valence-corrected chi connectivity index (χ0v) is 15.0. The van der Waals surface area contributed by atoms with E-state index in [1.165, 1.54) is 37.2 Å². The van der Waals surface area contributed by atoms with Gasteiger partial charge < -0.3 is 0 Å². The van der Waals surface area contributed by atoms with Gasteiger partial charge >= 0.3 is 0 Å². The van der Waals surface area contributed by atoms with Crippen molar-refractivity contribution < 1.29 is 0 Å². The molecular formula is C24H17NS. The van der Waals surface area contributed by atoms with Crippen LogP contribution in [0, 0.1) is 0 Å². The minimum Gasteiger partial charge on any atom is -0.279 e. The maximum atomic E-state index is 5.00. The summed E-state index contributed by atoms with van der Waals surface area (Å²) in [6.45, 7) is 0. The lowest BCUT2D eigenvalue weighted by molar-refractivity contribution is 0.945. The van der Waals surface area contributed by atoms with Gasteiger partial charge in [0.15, 0.2) is 0 Å². The molecule has 2 heteroatoms. The van der Waals surface area contributed by atoms with E-state index in [0.29, 0.717) is 0 Å². The zero-order chi connectivity index (χ0) is 17.3. The standard InChI is InChI=1S/C24H17NS/c1-3-9-17(10-4-1)20-15-21-19-13-7-8-14-22(19)26-23(21)16-25-24(20)18-11-5-2-6-12-18/h1-16,24H. The first-order valence-electron chi connectivity index (χ1n) is 8.77. The Hall–Kier alpha value is -2.97. The summed E-state index contributed by atoms with van der Waals surface area (Å²) < 4.78 is 1.31. The van der Waals surface area contributed by atoms with Crippen LogP contribution in [0.3, 0.4) is 0 Å². The molecule has 1 atom stereocenters. The highest BCUT2D eigenvalue weighted by Gasteiger charge is 2.21. The Balaban J connectivity index is 1.77. The van der Waals surface area contributed by atoms with Gasteiger partial charge in [-0.3, -0.25) is 4.99 Å². The largest absolute Gasteiger partial charge is 0.279 e. The molecular weight excluding hydrogens is 334 g/mol. The molecule has 0 radical (unpaired) electrons. The van der Waals surface area contributed by atoms with Crippen molar-refractivity contribution in [2.24, 2.45) is 4.99 Å². The highest BCUT2D eigenvalue weighted by Crippen LogP contribution is 2.41. The van der Waals surface area contributed by atoms with Crippen molar-refractivity contribution in [3.05, 3.63) is 106 Å². The van der Waals surface area contributed by atoms with E-state index in [-0.39, 0.29) is 6.04 Å². The van der Waals surface area contributed by atoms with Gasteiger partial charge in [-0.15, -0.1) is 11.3 Å². The van der Waals surface area contributed by atoms with Gasteiger partial charge in [-0.05, 0) is 28.8 Å². The highest BCUT2D eigenvalue weighted by atomic mass is 32.1. The molecule has 26 heavy (non-hydrogen) atoms. The smallest absolute Gasteiger partial charge is 0.101 e. The molecule has 1 aliphatic rings. The quantitative estimate of drug-likeness (QED) is 0.385. The van der Waals surface area contributed by atoms with Crippen molar-refractivity contribution in [2.45, 2.75) is 6.04 Å². The average Bonchev–Trinajstić information content (AvgIpc) is 2.95. The van der Waals surface area contributed by atoms with Crippen molar-refractivity contribution >= 4 is 39.3 Å². The molecule has 124 valence electrons. The van der Waals surface area contributed by atoms with E-state index in [1.807, 2.05) is 11.3 Å². The summed E-state index contributed by atoms with van der Waals surface area (Å²) in [5.74, 6) is 0.